The molecule has 120 valence electrons. The van der Waals surface area contributed by atoms with Crippen LogP contribution in [-0.2, 0) is 6.54 Å². The summed E-state index contributed by atoms with van der Waals surface area (Å²) in [5, 5.41) is 4.03. The smallest absolute Gasteiger partial charge is 0.196 e. The second-order valence-electron chi connectivity index (χ2n) is 5.93. The first-order chi connectivity index (χ1) is 11.7. The van der Waals surface area contributed by atoms with Crippen LogP contribution in [0.25, 0.3) is 11.3 Å². The van der Waals surface area contributed by atoms with Crippen LogP contribution in [0.3, 0.4) is 0 Å². The summed E-state index contributed by atoms with van der Waals surface area (Å²) in [6.07, 6.45) is 1.05. The molecule has 4 heteroatoms. The van der Waals surface area contributed by atoms with Crippen molar-refractivity contribution < 1.29 is 4.79 Å². The molecule has 0 aliphatic carbocycles. The largest absolute Gasteiger partial charge is 0.371 e. The Hall–Kier alpha value is -2.52. The summed E-state index contributed by atoms with van der Waals surface area (Å²) in [5.74, 6) is 0.937. The summed E-state index contributed by atoms with van der Waals surface area (Å²) in [7, 11) is 0. The molecule has 0 spiro atoms. The molecular formula is C20H17ClN2O. The van der Waals surface area contributed by atoms with E-state index in [1.54, 1.807) is 24.3 Å². The van der Waals surface area contributed by atoms with Gasteiger partial charge in [-0.25, -0.2) is 0 Å². The predicted molar refractivity (Wildman–Crippen MR) is 97.9 cm³/mol. The molecule has 4 rings (SSSR count). The van der Waals surface area contributed by atoms with Gasteiger partial charge in [0.1, 0.15) is 5.82 Å². The first-order valence-electron chi connectivity index (χ1n) is 8.07. The average Bonchev–Trinajstić information content (AvgIpc) is 3.02. The number of nitrogens with one attached hydrogen (secondary N) is 1. The normalized spacial score (nSPS) is 13.2. The Morgan fingerprint density at radius 3 is 2.54 bits per heavy atom. The Morgan fingerprint density at radius 1 is 1.04 bits per heavy atom. The lowest BCUT2D eigenvalue weighted by Gasteiger charge is -2.20. The maximum absolute atomic E-state index is 13.0. The molecule has 1 N–H and O–H groups in total. The highest BCUT2D eigenvalue weighted by Crippen LogP contribution is 2.33. The number of rotatable bonds is 3. The van der Waals surface area contributed by atoms with Gasteiger partial charge in [0.05, 0.1) is 11.3 Å². The number of ketones is 1. The maximum atomic E-state index is 13.0. The highest BCUT2D eigenvalue weighted by molar-refractivity contribution is 6.30. The first-order valence-corrected chi connectivity index (χ1v) is 8.45. The number of fused-ring (bicyclic) bond motifs is 1. The molecule has 0 unspecified atom stereocenters. The van der Waals surface area contributed by atoms with Crippen LogP contribution in [0.1, 0.15) is 22.3 Å². The molecule has 24 heavy (non-hydrogen) atoms. The van der Waals surface area contributed by atoms with Crippen molar-refractivity contribution in [2.45, 2.75) is 13.0 Å². The van der Waals surface area contributed by atoms with Crippen molar-refractivity contribution in [1.29, 1.82) is 0 Å². The molecule has 1 aliphatic rings. The number of halogens is 1. The molecule has 0 radical (unpaired) electrons. The number of carbonyl (C=O) groups excluding carboxylic acids is 1. The van der Waals surface area contributed by atoms with E-state index < -0.39 is 0 Å². The number of benzene rings is 2. The van der Waals surface area contributed by atoms with Gasteiger partial charge in [-0.05, 0) is 42.3 Å². The molecule has 0 atom stereocenters. The van der Waals surface area contributed by atoms with Gasteiger partial charge in [-0.2, -0.15) is 0 Å². The molecule has 0 bridgehead atoms. The van der Waals surface area contributed by atoms with E-state index in [-0.39, 0.29) is 5.78 Å². The highest BCUT2D eigenvalue weighted by Gasteiger charge is 2.23. The molecule has 2 heterocycles. The Balaban J connectivity index is 1.83. The Labute approximate surface area is 145 Å². The lowest BCUT2D eigenvalue weighted by atomic mass is 10.0. The van der Waals surface area contributed by atoms with Crippen molar-refractivity contribution in [2.24, 2.45) is 0 Å². The summed E-state index contributed by atoms with van der Waals surface area (Å²) in [6.45, 7) is 1.81. The third-order valence-electron chi connectivity index (χ3n) is 4.37. The van der Waals surface area contributed by atoms with Crippen LogP contribution in [0.15, 0.2) is 60.7 Å². The predicted octanol–water partition coefficient (Wildman–Crippen LogP) is 4.86. The molecule has 3 nitrogen and oxygen atoms in total. The van der Waals surface area contributed by atoms with Crippen LogP contribution in [0, 0.1) is 0 Å². The monoisotopic (exact) mass is 336 g/mol. The van der Waals surface area contributed by atoms with E-state index in [4.69, 9.17) is 11.6 Å². The second kappa shape index (κ2) is 6.17. The van der Waals surface area contributed by atoms with Crippen LogP contribution in [0.2, 0.25) is 5.02 Å². The molecular weight excluding hydrogens is 320 g/mol. The minimum Gasteiger partial charge on any atom is -0.371 e. The Morgan fingerprint density at radius 2 is 1.79 bits per heavy atom. The SMILES string of the molecule is O=C(c1ccc(Cl)cc1)c1cc(-c2ccccc2)n2c1NCCC2. The van der Waals surface area contributed by atoms with Crippen LogP contribution in [0.5, 0.6) is 0 Å². The zero-order valence-corrected chi connectivity index (χ0v) is 13.9. The minimum absolute atomic E-state index is 0.0204. The number of anilines is 1. The van der Waals surface area contributed by atoms with Gasteiger partial charge < -0.3 is 9.88 Å². The topological polar surface area (TPSA) is 34.0 Å². The van der Waals surface area contributed by atoms with E-state index in [1.165, 1.54) is 0 Å². The summed E-state index contributed by atoms with van der Waals surface area (Å²) >= 11 is 5.93. The molecule has 3 aromatic rings. The van der Waals surface area contributed by atoms with Crippen molar-refractivity contribution in [1.82, 2.24) is 4.57 Å². The highest BCUT2D eigenvalue weighted by atomic mass is 35.5. The minimum atomic E-state index is 0.0204. The van der Waals surface area contributed by atoms with Gasteiger partial charge in [0.15, 0.2) is 5.78 Å². The van der Waals surface area contributed by atoms with Gasteiger partial charge in [-0.15, -0.1) is 0 Å². The number of hydrogen-bond acceptors (Lipinski definition) is 2. The number of hydrogen-bond donors (Lipinski definition) is 1. The van der Waals surface area contributed by atoms with Crippen molar-refractivity contribution in [3.8, 4) is 11.3 Å². The molecule has 0 fully saturated rings. The second-order valence-corrected chi connectivity index (χ2v) is 6.36. The third-order valence-corrected chi connectivity index (χ3v) is 4.62. The van der Waals surface area contributed by atoms with Crippen LogP contribution in [0.4, 0.5) is 5.82 Å². The van der Waals surface area contributed by atoms with E-state index in [2.05, 4.69) is 22.0 Å². The van der Waals surface area contributed by atoms with E-state index in [1.807, 2.05) is 24.3 Å². The first kappa shape index (κ1) is 15.0. The van der Waals surface area contributed by atoms with Gasteiger partial charge >= 0.3 is 0 Å². The van der Waals surface area contributed by atoms with Crippen molar-refractivity contribution in [3.05, 3.63) is 76.8 Å². The lowest BCUT2D eigenvalue weighted by Crippen LogP contribution is -2.19. The Kier molecular flexibility index (Phi) is 3.87. The van der Waals surface area contributed by atoms with E-state index >= 15 is 0 Å². The van der Waals surface area contributed by atoms with Gasteiger partial charge in [-0.1, -0.05) is 41.9 Å². The average molecular weight is 337 g/mol. The van der Waals surface area contributed by atoms with Gasteiger partial charge in [-0.3, -0.25) is 4.79 Å². The fraction of sp³-hybridized carbons (Fsp3) is 0.150. The van der Waals surface area contributed by atoms with Crippen molar-refractivity contribution in [2.75, 3.05) is 11.9 Å². The van der Waals surface area contributed by atoms with Gasteiger partial charge in [0.2, 0.25) is 0 Å². The van der Waals surface area contributed by atoms with Crippen LogP contribution < -0.4 is 5.32 Å². The van der Waals surface area contributed by atoms with E-state index in [0.29, 0.717) is 10.6 Å². The van der Waals surface area contributed by atoms with E-state index in [0.717, 1.165) is 42.1 Å². The summed E-state index contributed by atoms with van der Waals surface area (Å²) in [5.41, 5.74) is 3.57. The quantitative estimate of drug-likeness (QED) is 0.693. The Bertz CT molecular complexity index is 882. The fourth-order valence-corrected chi connectivity index (χ4v) is 3.32. The fourth-order valence-electron chi connectivity index (χ4n) is 3.19. The third kappa shape index (κ3) is 2.61. The van der Waals surface area contributed by atoms with E-state index in [9.17, 15) is 4.79 Å². The van der Waals surface area contributed by atoms with Crippen LogP contribution >= 0.6 is 11.6 Å². The number of nitrogens with zero attached hydrogens (tertiary/aromatic N) is 1. The molecule has 1 aromatic heterocycles. The molecule has 0 saturated heterocycles. The standard InChI is InChI=1S/C20H17ClN2O/c21-16-9-7-15(8-10-16)19(24)17-13-18(14-5-2-1-3-6-14)23-12-4-11-22-20(17)23/h1-3,5-10,13,22H,4,11-12H2. The summed E-state index contributed by atoms with van der Waals surface area (Å²) in [6, 6.07) is 19.3. The number of aromatic nitrogens is 1. The van der Waals surface area contributed by atoms with Gasteiger partial charge in [0, 0.05) is 23.7 Å². The molecule has 0 saturated carbocycles. The molecule has 1 aliphatic heterocycles. The van der Waals surface area contributed by atoms with Crippen molar-refractivity contribution in [3.63, 3.8) is 0 Å². The molecule has 2 aromatic carbocycles. The zero-order valence-electron chi connectivity index (χ0n) is 13.1. The van der Waals surface area contributed by atoms with Crippen LogP contribution in [-0.4, -0.2) is 16.9 Å². The summed E-state index contributed by atoms with van der Waals surface area (Å²) in [4.78, 5) is 13.0. The lowest BCUT2D eigenvalue weighted by molar-refractivity contribution is 0.103. The van der Waals surface area contributed by atoms with Gasteiger partial charge in [0.25, 0.3) is 0 Å². The number of carbonyl (C=O) groups is 1. The zero-order chi connectivity index (χ0) is 16.5. The van der Waals surface area contributed by atoms with Crippen molar-refractivity contribution >= 4 is 23.2 Å². The molecule has 0 amide bonds. The maximum Gasteiger partial charge on any atom is 0.196 e. The summed E-state index contributed by atoms with van der Waals surface area (Å²) < 4.78 is 2.21.